The lowest BCUT2D eigenvalue weighted by atomic mass is 10.1. The standard InChI is InChI=1S/C10H12O4/c1-7(12)10(13)8-2-4-9(5-3-8)14-6-11/h2-5,7,11-12H,6H2,1H3. The monoisotopic (exact) mass is 196 g/mol. The summed E-state index contributed by atoms with van der Waals surface area (Å²) in [5.74, 6) is 0.148. The van der Waals surface area contributed by atoms with Crippen LogP contribution in [-0.4, -0.2) is 28.9 Å². The molecular weight excluding hydrogens is 184 g/mol. The smallest absolute Gasteiger partial charge is 0.190 e. The number of carbonyl (C=O) groups is 1. The largest absolute Gasteiger partial charge is 0.468 e. The molecule has 0 saturated heterocycles. The van der Waals surface area contributed by atoms with Crippen molar-refractivity contribution in [2.24, 2.45) is 0 Å². The van der Waals surface area contributed by atoms with E-state index in [9.17, 15) is 4.79 Å². The first-order valence-electron chi connectivity index (χ1n) is 4.21. The van der Waals surface area contributed by atoms with Gasteiger partial charge in [0.05, 0.1) is 0 Å². The van der Waals surface area contributed by atoms with E-state index in [0.29, 0.717) is 11.3 Å². The van der Waals surface area contributed by atoms with Gasteiger partial charge in [-0.1, -0.05) is 0 Å². The predicted molar refractivity (Wildman–Crippen MR) is 50.2 cm³/mol. The summed E-state index contributed by atoms with van der Waals surface area (Å²) in [6, 6.07) is 6.21. The number of Topliss-reactive ketones (excluding diaryl/α,β-unsaturated/α-hetero) is 1. The molecule has 14 heavy (non-hydrogen) atoms. The van der Waals surface area contributed by atoms with Crippen molar-refractivity contribution >= 4 is 5.78 Å². The van der Waals surface area contributed by atoms with E-state index in [1.54, 1.807) is 24.3 Å². The van der Waals surface area contributed by atoms with E-state index >= 15 is 0 Å². The second-order valence-corrected chi connectivity index (χ2v) is 2.84. The van der Waals surface area contributed by atoms with Crippen molar-refractivity contribution in [2.45, 2.75) is 13.0 Å². The molecule has 0 fully saturated rings. The molecule has 0 bridgehead atoms. The first kappa shape index (κ1) is 10.7. The van der Waals surface area contributed by atoms with E-state index < -0.39 is 12.9 Å². The van der Waals surface area contributed by atoms with Gasteiger partial charge >= 0.3 is 0 Å². The van der Waals surface area contributed by atoms with Gasteiger partial charge in [0.1, 0.15) is 11.9 Å². The van der Waals surface area contributed by atoms with E-state index in [2.05, 4.69) is 0 Å². The summed E-state index contributed by atoms with van der Waals surface area (Å²) in [6.07, 6.45) is -1.00. The number of hydrogen-bond donors (Lipinski definition) is 2. The molecule has 1 aromatic carbocycles. The van der Waals surface area contributed by atoms with Crippen molar-refractivity contribution in [3.05, 3.63) is 29.8 Å². The van der Waals surface area contributed by atoms with Crippen LogP contribution in [0.5, 0.6) is 5.75 Å². The molecule has 4 nitrogen and oxygen atoms in total. The third kappa shape index (κ3) is 2.55. The molecule has 1 unspecified atom stereocenters. The topological polar surface area (TPSA) is 66.8 Å². The van der Waals surface area contributed by atoms with Gasteiger partial charge in [-0.3, -0.25) is 4.79 Å². The predicted octanol–water partition coefficient (Wildman–Crippen LogP) is 0.579. The van der Waals surface area contributed by atoms with E-state index in [1.807, 2.05) is 0 Å². The highest BCUT2D eigenvalue weighted by Crippen LogP contribution is 2.13. The van der Waals surface area contributed by atoms with Crippen LogP contribution in [0, 0.1) is 0 Å². The third-order valence-electron chi connectivity index (χ3n) is 1.75. The van der Waals surface area contributed by atoms with Crippen LogP contribution in [0.3, 0.4) is 0 Å². The van der Waals surface area contributed by atoms with Crippen LogP contribution >= 0.6 is 0 Å². The Bertz CT molecular complexity index is 302. The van der Waals surface area contributed by atoms with Crippen LogP contribution in [0.2, 0.25) is 0 Å². The van der Waals surface area contributed by atoms with Crippen molar-refractivity contribution in [2.75, 3.05) is 6.79 Å². The van der Waals surface area contributed by atoms with Gasteiger partial charge in [-0.05, 0) is 31.2 Å². The Kier molecular flexibility index (Phi) is 3.62. The van der Waals surface area contributed by atoms with Gasteiger partial charge in [-0.15, -0.1) is 0 Å². The van der Waals surface area contributed by atoms with Crippen LogP contribution in [0.4, 0.5) is 0 Å². The Morgan fingerprint density at radius 1 is 1.43 bits per heavy atom. The van der Waals surface area contributed by atoms with Gasteiger partial charge in [0.25, 0.3) is 0 Å². The van der Waals surface area contributed by atoms with E-state index in [4.69, 9.17) is 14.9 Å². The molecule has 76 valence electrons. The normalized spacial score (nSPS) is 12.2. The van der Waals surface area contributed by atoms with Crippen LogP contribution in [0.25, 0.3) is 0 Å². The highest BCUT2D eigenvalue weighted by Gasteiger charge is 2.11. The van der Waals surface area contributed by atoms with Crippen LogP contribution < -0.4 is 4.74 Å². The summed E-state index contributed by atoms with van der Waals surface area (Å²) < 4.78 is 4.78. The Labute approximate surface area is 81.8 Å². The van der Waals surface area contributed by atoms with Crippen molar-refractivity contribution in [3.63, 3.8) is 0 Å². The molecule has 0 spiro atoms. The molecule has 0 aliphatic heterocycles. The highest BCUT2D eigenvalue weighted by molar-refractivity contribution is 5.99. The van der Waals surface area contributed by atoms with Crippen molar-refractivity contribution in [1.29, 1.82) is 0 Å². The van der Waals surface area contributed by atoms with E-state index in [1.165, 1.54) is 6.92 Å². The molecular formula is C10H12O4. The minimum atomic E-state index is -1.00. The summed E-state index contributed by atoms with van der Waals surface area (Å²) in [5, 5.41) is 17.5. The Hall–Kier alpha value is -1.39. The molecule has 0 aliphatic rings. The summed E-state index contributed by atoms with van der Waals surface area (Å²) in [7, 11) is 0. The van der Waals surface area contributed by atoms with E-state index in [0.717, 1.165) is 0 Å². The molecule has 0 amide bonds. The van der Waals surface area contributed by atoms with Gasteiger partial charge in [-0.25, -0.2) is 0 Å². The maximum absolute atomic E-state index is 11.3. The maximum Gasteiger partial charge on any atom is 0.190 e. The molecule has 1 aromatic rings. The van der Waals surface area contributed by atoms with Gasteiger partial charge in [-0.2, -0.15) is 0 Å². The van der Waals surface area contributed by atoms with Crippen LogP contribution in [0.1, 0.15) is 17.3 Å². The second kappa shape index (κ2) is 4.74. The average Bonchev–Trinajstić information content (AvgIpc) is 2.18. The van der Waals surface area contributed by atoms with E-state index in [-0.39, 0.29) is 5.78 Å². The fourth-order valence-electron chi connectivity index (χ4n) is 1.03. The number of hydrogen-bond acceptors (Lipinski definition) is 4. The number of benzene rings is 1. The molecule has 1 rings (SSSR count). The van der Waals surface area contributed by atoms with Crippen molar-refractivity contribution in [1.82, 2.24) is 0 Å². The molecule has 0 aromatic heterocycles. The third-order valence-corrected chi connectivity index (χ3v) is 1.75. The summed E-state index contributed by atoms with van der Waals surface area (Å²) in [4.78, 5) is 11.3. The van der Waals surface area contributed by atoms with Gasteiger partial charge in [0.2, 0.25) is 0 Å². The Morgan fingerprint density at radius 3 is 2.43 bits per heavy atom. The molecule has 0 radical (unpaired) electrons. The lowest BCUT2D eigenvalue weighted by molar-refractivity contribution is 0.0779. The quantitative estimate of drug-likeness (QED) is 0.546. The molecule has 2 N–H and O–H groups in total. The fraction of sp³-hybridized carbons (Fsp3) is 0.300. The zero-order valence-electron chi connectivity index (χ0n) is 7.80. The Balaban J connectivity index is 2.78. The second-order valence-electron chi connectivity index (χ2n) is 2.84. The van der Waals surface area contributed by atoms with Crippen LogP contribution in [-0.2, 0) is 0 Å². The molecule has 1 atom stereocenters. The van der Waals surface area contributed by atoms with Gasteiger partial charge in [0, 0.05) is 5.56 Å². The number of aliphatic hydroxyl groups excluding tert-OH is 2. The van der Waals surface area contributed by atoms with Crippen molar-refractivity contribution in [3.8, 4) is 5.75 Å². The SMILES string of the molecule is CC(O)C(=O)c1ccc(OCO)cc1. The van der Waals surface area contributed by atoms with Crippen molar-refractivity contribution < 1.29 is 19.7 Å². The van der Waals surface area contributed by atoms with Gasteiger partial charge < -0.3 is 14.9 Å². The van der Waals surface area contributed by atoms with Crippen LogP contribution in [0.15, 0.2) is 24.3 Å². The lowest BCUT2D eigenvalue weighted by Crippen LogP contribution is -2.15. The highest BCUT2D eigenvalue weighted by atomic mass is 16.6. The summed E-state index contributed by atoms with van der Waals surface area (Å²) in [6.45, 7) is 1.02. The zero-order valence-corrected chi connectivity index (χ0v) is 7.80. The number of rotatable bonds is 4. The first-order chi connectivity index (χ1) is 6.65. The molecule has 0 saturated carbocycles. The minimum Gasteiger partial charge on any atom is -0.468 e. The Morgan fingerprint density at radius 2 is 2.00 bits per heavy atom. The lowest BCUT2D eigenvalue weighted by Gasteiger charge is -2.05. The first-order valence-corrected chi connectivity index (χ1v) is 4.21. The molecule has 4 heteroatoms. The minimum absolute atomic E-state index is 0.333. The maximum atomic E-state index is 11.3. The fourth-order valence-corrected chi connectivity index (χ4v) is 1.03. The number of ether oxygens (including phenoxy) is 1. The molecule has 0 heterocycles. The summed E-state index contributed by atoms with van der Waals surface area (Å²) in [5.41, 5.74) is 0.422. The average molecular weight is 196 g/mol. The number of carbonyl (C=O) groups excluding carboxylic acids is 1. The molecule has 0 aliphatic carbocycles. The zero-order chi connectivity index (χ0) is 10.6. The van der Waals surface area contributed by atoms with Gasteiger partial charge in [0.15, 0.2) is 12.6 Å². The summed E-state index contributed by atoms with van der Waals surface area (Å²) >= 11 is 0. The number of aliphatic hydroxyl groups is 2. The number of ketones is 1.